The van der Waals surface area contributed by atoms with Crippen molar-refractivity contribution in [2.45, 2.75) is 31.4 Å². The minimum Gasteiger partial charge on any atom is -0.478 e. The monoisotopic (exact) mass is 357 g/mol. The number of carbonyl (C=O) groups excluding carboxylic acids is 1. The predicted octanol–water partition coefficient (Wildman–Crippen LogP) is 3.10. The Labute approximate surface area is 150 Å². The van der Waals surface area contributed by atoms with Gasteiger partial charge in [0.25, 0.3) is 0 Å². The molecular weight excluding hydrogens is 337 g/mol. The summed E-state index contributed by atoms with van der Waals surface area (Å²) in [5, 5.41) is 12.2. The second kappa shape index (κ2) is 8.10. The topological polar surface area (TPSA) is 75.6 Å². The minimum atomic E-state index is -1.07. The molecule has 2 unspecified atom stereocenters. The van der Waals surface area contributed by atoms with Crippen molar-refractivity contribution in [2.24, 2.45) is 0 Å². The molecule has 2 N–H and O–H groups in total. The molecule has 0 saturated carbocycles. The van der Waals surface area contributed by atoms with E-state index in [4.69, 9.17) is 4.74 Å². The van der Waals surface area contributed by atoms with E-state index in [1.165, 1.54) is 18.2 Å². The number of amides is 1. The van der Waals surface area contributed by atoms with E-state index in [0.717, 1.165) is 18.4 Å². The lowest BCUT2D eigenvalue weighted by Gasteiger charge is -2.25. The molecule has 0 aromatic heterocycles. The summed E-state index contributed by atoms with van der Waals surface area (Å²) in [7, 11) is 0. The van der Waals surface area contributed by atoms with E-state index in [0.29, 0.717) is 12.2 Å². The first-order valence-electron chi connectivity index (χ1n) is 8.52. The number of carboxylic acids is 1. The van der Waals surface area contributed by atoms with Gasteiger partial charge in [0.15, 0.2) is 0 Å². The fourth-order valence-electron chi connectivity index (χ4n) is 3.21. The fourth-order valence-corrected chi connectivity index (χ4v) is 3.21. The Kier molecular flexibility index (Phi) is 5.63. The first kappa shape index (κ1) is 18.1. The molecule has 3 rings (SSSR count). The van der Waals surface area contributed by atoms with Crippen molar-refractivity contribution in [1.29, 1.82) is 0 Å². The molecule has 1 heterocycles. The second-order valence-corrected chi connectivity index (χ2v) is 6.29. The van der Waals surface area contributed by atoms with E-state index < -0.39 is 12.0 Å². The van der Waals surface area contributed by atoms with Crippen molar-refractivity contribution in [3.8, 4) is 0 Å². The van der Waals surface area contributed by atoms with Gasteiger partial charge in [-0.3, -0.25) is 4.79 Å². The standard InChI is InChI=1S/C20H20FNO4/c21-15-9-7-13(8-10-15)19(17-6-3-11-26-17)22-18(23)12-14-4-1-2-5-16(14)20(24)25/h1-2,4-5,7-10,17,19H,3,6,11-12H2,(H,22,23)(H,24,25). The average molecular weight is 357 g/mol. The SMILES string of the molecule is O=C(Cc1ccccc1C(=O)O)NC(c1ccc(F)cc1)C1CCCO1. The zero-order valence-corrected chi connectivity index (χ0v) is 14.2. The maximum absolute atomic E-state index is 13.2. The lowest BCUT2D eigenvalue weighted by Crippen LogP contribution is -2.37. The Morgan fingerprint density at radius 3 is 2.58 bits per heavy atom. The lowest BCUT2D eigenvalue weighted by atomic mass is 9.98. The van der Waals surface area contributed by atoms with Crippen molar-refractivity contribution < 1.29 is 23.8 Å². The third-order valence-corrected chi connectivity index (χ3v) is 4.48. The summed E-state index contributed by atoms with van der Waals surface area (Å²) >= 11 is 0. The number of hydrogen-bond donors (Lipinski definition) is 2. The van der Waals surface area contributed by atoms with Crippen molar-refractivity contribution in [3.05, 3.63) is 71.0 Å². The maximum Gasteiger partial charge on any atom is 0.335 e. The summed E-state index contributed by atoms with van der Waals surface area (Å²) in [6.07, 6.45) is 1.47. The summed E-state index contributed by atoms with van der Waals surface area (Å²) < 4.78 is 18.9. The first-order valence-corrected chi connectivity index (χ1v) is 8.52. The minimum absolute atomic E-state index is 0.0487. The van der Waals surface area contributed by atoms with Crippen molar-refractivity contribution in [2.75, 3.05) is 6.61 Å². The number of hydrogen-bond acceptors (Lipinski definition) is 3. The van der Waals surface area contributed by atoms with E-state index >= 15 is 0 Å². The van der Waals surface area contributed by atoms with Crippen LogP contribution in [0.25, 0.3) is 0 Å². The summed E-state index contributed by atoms with van der Waals surface area (Å²) in [6.45, 7) is 0.625. The molecule has 1 amide bonds. The molecule has 2 atom stereocenters. The highest BCUT2D eigenvalue weighted by molar-refractivity contribution is 5.91. The number of ether oxygens (including phenoxy) is 1. The maximum atomic E-state index is 13.2. The normalized spacial score (nSPS) is 17.7. The zero-order valence-electron chi connectivity index (χ0n) is 14.2. The van der Waals surface area contributed by atoms with Crippen LogP contribution >= 0.6 is 0 Å². The van der Waals surface area contributed by atoms with Gasteiger partial charge in [-0.25, -0.2) is 9.18 Å². The highest BCUT2D eigenvalue weighted by Gasteiger charge is 2.29. The molecule has 1 aliphatic heterocycles. The Balaban J connectivity index is 1.77. The number of halogens is 1. The smallest absolute Gasteiger partial charge is 0.335 e. The third kappa shape index (κ3) is 4.26. The predicted molar refractivity (Wildman–Crippen MR) is 93.4 cm³/mol. The number of carboxylic acid groups (broad SMARTS) is 1. The van der Waals surface area contributed by atoms with Crippen LogP contribution in [0.4, 0.5) is 4.39 Å². The molecule has 26 heavy (non-hydrogen) atoms. The van der Waals surface area contributed by atoms with Crippen LogP contribution in [0, 0.1) is 5.82 Å². The van der Waals surface area contributed by atoms with E-state index in [1.807, 2.05) is 0 Å². The van der Waals surface area contributed by atoms with E-state index in [2.05, 4.69) is 5.32 Å². The molecule has 1 fully saturated rings. The molecule has 2 aromatic rings. The van der Waals surface area contributed by atoms with Gasteiger partial charge in [-0.2, -0.15) is 0 Å². The van der Waals surface area contributed by atoms with Gasteiger partial charge in [0.1, 0.15) is 5.82 Å². The molecule has 1 saturated heterocycles. The van der Waals surface area contributed by atoms with Crippen LogP contribution in [0.1, 0.15) is 40.4 Å². The van der Waals surface area contributed by atoms with Gasteiger partial charge >= 0.3 is 5.97 Å². The first-order chi connectivity index (χ1) is 12.5. The van der Waals surface area contributed by atoms with Gasteiger partial charge < -0.3 is 15.2 Å². The Bertz CT molecular complexity index is 785. The molecule has 0 radical (unpaired) electrons. The summed E-state index contributed by atoms with van der Waals surface area (Å²) in [6, 6.07) is 12.0. The number of nitrogens with one attached hydrogen (secondary N) is 1. The Morgan fingerprint density at radius 1 is 1.19 bits per heavy atom. The summed E-state index contributed by atoms with van der Waals surface area (Å²) in [5.41, 5.74) is 1.32. The van der Waals surface area contributed by atoms with Crippen LogP contribution in [-0.4, -0.2) is 29.7 Å². The summed E-state index contributed by atoms with van der Waals surface area (Å²) in [5.74, 6) is -1.72. The lowest BCUT2D eigenvalue weighted by molar-refractivity contribution is -0.122. The number of carbonyl (C=O) groups is 2. The van der Waals surface area contributed by atoms with E-state index in [9.17, 15) is 19.1 Å². The van der Waals surface area contributed by atoms with Crippen LogP contribution in [0.3, 0.4) is 0 Å². The Morgan fingerprint density at radius 2 is 1.92 bits per heavy atom. The van der Waals surface area contributed by atoms with Crippen LogP contribution in [0.5, 0.6) is 0 Å². The van der Waals surface area contributed by atoms with E-state index in [-0.39, 0.29) is 29.8 Å². The quantitative estimate of drug-likeness (QED) is 0.833. The van der Waals surface area contributed by atoms with E-state index in [1.54, 1.807) is 30.3 Å². The molecule has 5 nitrogen and oxygen atoms in total. The molecule has 0 bridgehead atoms. The molecule has 1 aliphatic rings. The van der Waals surface area contributed by atoms with Crippen molar-refractivity contribution in [3.63, 3.8) is 0 Å². The van der Waals surface area contributed by atoms with Gasteiger partial charge in [0.05, 0.1) is 24.1 Å². The zero-order chi connectivity index (χ0) is 18.5. The van der Waals surface area contributed by atoms with Crippen LogP contribution in [0.15, 0.2) is 48.5 Å². The molecule has 0 spiro atoms. The molecule has 2 aromatic carbocycles. The molecule has 6 heteroatoms. The molecule has 136 valence electrons. The molecular formula is C20H20FNO4. The average Bonchev–Trinajstić information content (AvgIpc) is 3.15. The number of aromatic carboxylic acids is 1. The van der Waals surface area contributed by atoms with Crippen LogP contribution < -0.4 is 5.32 Å². The largest absolute Gasteiger partial charge is 0.478 e. The van der Waals surface area contributed by atoms with Gasteiger partial charge in [-0.05, 0) is 42.2 Å². The number of benzene rings is 2. The van der Waals surface area contributed by atoms with Gasteiger partial charge in [0.2, 0.25) is 5.91 Å². The highest BCUT2D eigenvalue weighted by atomic mass is 19.1. The van der Waals surface area contributed by atoms with Crippen LogP contribution in [0.2, 0.25) is 0 Å². The van der Waals surface area contributed by atoms with Gasteiger partial charge in [-0.15, -0.1) is 0 Å². The fraction of sp³-hybridized carbons (Fsp3) is 0.300. The summed E-state index contributed by atoms with van der Waals surface area (Å²) in [4.78, 5) is 23.9. The van der Waals surface area contributed by atoms with Gasteiger partial charge in [0, 0.05) is 6.61 Å². The number of rotatable bonds is 6. The van der Waals surface area contributed by atoms with Gasteiger partial charge in [-0.1, -0.05) is 30.3 Å². The molecule has 0 aliphatic carbocycles. The second-order valence-electron chi connectivity index (χ2n) is 6.29. The third-order valence-electron chi connectivity index (χ3n) is 4.48. The van der Waals surface area contributed by atoms with Crippen molar-refractivity contribution >= 4 is 11.9 Å². The van der Waals surface area contributed by atoms with Crippen molar-refractivity contribution in [1.82, 2.24) is 5.32 Å². The highest BCUT2D eigenvalue weighted by Crippen LogP contribution is 2.27. The van der Waals surface area contributed by atoms with Crippen LogP contribution in [-0.2, 0) is 16.0 Å². The Hall–Kier alpha value is -2.73.